The second-order valence-corrected chi connectivity index (χ2v) is 10.00. The fourth-order valence-electron chi connectivity index (χ4n) is 5.59. The van der Waals surface area contributed by atoms with Crippen LogP contribution >= 0.6 is 0 Å². The van der Waals surface area contributed by atoms with Gasteiger partial charge in [-0.3, -0.25) is 0 Å². The van der Waals surface area contributed by atoms with Gasteiger partial charge in [0.15, 0.2) is 0 Å². The molecule has 0 unspecified atom stereocenters. The van der Waals surface area contributed by atoms with Crippen molar-refractivity contribution in [2.45, 2.75) is 122 Å². The summed E-state index contributed by atoms with van der Waals surface area (Å²) in [6.07, 6.45) is 19.6. The molecule has 0 spiro atoms. The van der Waals surface area contributed by atoms with Gasteiger partial charge in [0.1, 0.15) is 6.10 Å². The van der Waals surface area contributed by atoms with Crippen LogP contribution in [-0.2, 0) is 4.74 Å². The molecular weight excluding hydrogens is 368 g/mol. The Labute approximate surface area is 185 Å². The minimum Gasteiger partial charge on any atom is -0.459 e. The Bertz CT molecular complexity index is 604. The largest absolute Gasteiger partial charge is 0.459 e. The second kappa shape index (κ2) is 12.5. The van der Waals surface area contributed by atoms with Gasteiger partial charge in [-0.2, -0.15) is 0 Å². The summed E-state index contributed by atoms with van der Waals surface area (Å²) in [5, 5.41) is 0. The molecule has 0 aliphatic heterocycles. The lowest BCUT2D eigenvalue weighted by molar-refractivity contribution is 0.0164. The maximum absolute atomic E-state index is 12.5. The third-order valence-electron chi connectivity index (χ3n) is 7.83. The van der Waals surface area contributed by atoms with Crippen molar-refractivity contribution in [3.05, 3.63) is 35.4 Å². The quantitative estimate of drug-likeness (QED) is 0.284. The summed E-state index contributed by atoms with van der Waals surface area (Å²) >= 11 is 0. The van der Waals surface area contributed by atoms with E-state index in [1.165, 1.54) is 89.0 Å². The molecular formula is C28H44O2. The Morgan fingerprint density at radius 3 is 2.07 bits per heavy atom. The summed E-state index contributed by atoms with van der Waals surface area (Å²) in [5.74, 6) is 2.32. The Morgan fingerprint density at radius 1 is 0.800 bits per heavy atom. The summed E-state index contributed by atoms with van der Waals surface area (Å²) < 4.78 is 5.79. The first-order valence-electron chi connectivity index (χ1n) is 13.0. The molecule has 0 N–H and O–H groups in total. The van der Waals surface area contributed by atoms with Gasteiger partial charge in [-0.05, 0) is 86.8 Å². The summed E-state index contributed by atoms with van der Waals surface area (Å²) in [7, 11) is 0. The van der Waals surface area contributed by atoms with Crippen LogP contribution in [0.1, 0.15) is 132 Å². The highest BCUT2D eigenvalue weighted by atomic mass is 16.5. The topological polar surface area (TPSA) is 26.3 Å². The highest BCUT2D eigenvalue weighted by Crippen LogP contribution is 2.38. The molecule has 0 atom stereocenters. The summed E-state index contributed by atoms with van der Waals surface area (Å²) in [6, 6.07) is 8.35. The molecule has 0 saturated heterocycles. The van der Waals surface area contributed by atoms with Crippen LogP contribution in [0.5, 0.6) is 0 Å². The first-order valence-corrected chi connectivity index (χ1v) is 13.0. The fourth-order valence-corrected chi connectivity index (χ4v) is 5.59. The van der Waals surface area contributed by atoms with E-state index >= 15 is 0 Å². The van der Waals surface area contributed by atoms with Crippen LogP contribution in [0.2, 0.25) is 0 Å². The molecule has 168 valence electrons. The molecule has 2 fully saturated rings. The third kappa shape index (κ3) is 7.13. The number of carbonyl (C=O) groups is 1. The number of hydrogen-bond acceptors (Lipinski definition) is 2. The molecule has 1 aromatic rings. The van der Waals surface area contributed by atoms with Crippen LogP contribution in [-0.4, -0.2) is 12.1 Å². The molecule has 0 radical (unpaired) electrons. The Hall–Kier alpha value is -1.31. The maximum atomic E-state index is 12.5. The molecule has 2 aliphatic carbocycles. The van der Waals surface area contributed by atoms with E-state index in [9.17, 15) is 4.79 Å². The maximum Gasteiger partial charge on any atom is 0.338 e. The molecule has 2 saturated carbocycles. The van der Waals surface area contributed by atoms with Crippen LogP contribution < -0.4 is 0 Å². The average Bonchev–Trinajstić information content (AvgIpc) is 2.80. The molecule has 3 rings (SSSR count). The number of rotatable bonds is 10. The summed E-state index contributed by atoms with van der Waals surface area (Å²) in [4.78, 5) is 12.5. The Kier molecular flexibility index (Phi) is 9.75. The van der Waals surface area contributed by atoms with Crippen molar-refractivity contribution in [3.8, 4) is 0 Å². The van der Waals surface area contributed by atoms with E-state index in [1.807, 2.05) is 12.1 Å². The van der Waals surface area contributed by atoms with Crippen molar-refractivity contribution >= 4 is 5.97 Å². The van der Waals surface area contributed by atoms with Crippen LogP contribution in [0.25, 0.3) is 0 Å². The van der Waals surface area contributed by atoms with Crippen molar-refractivity contribution in [3.63, 3.8) is 0 Å². The highest BCUT2D eigenvalue weighted by Gasteiger charge is 2.24. The lowest BCUT2D eigenvalue weighted by atomic mass is 9.77. The zero-order chi connectivity index (χ0) is 21.2. The van der Waals surface area contributed by atoms with Crippen LogP contribution in [0.15, 0.2) is 24.3 Å². The van der Waals surface area contributed by atoms with Crippen LogP contribution in [0.4, 0.5) is 0 Å². The molecule has 2 nitrogen and oxygen atoms in total. The summed E-state index contributed by atoms with van der Waals surface area (Å²) in [5.41, 5.74) is 2.13. The second-order valence-electron chi connectivity index (χ2n) is 10.00. The van der Waals surface area contributed by atoms with E-state index in [4.69, 9.17) is 4.74 Å². The molecule has 30 heavy (non-hydrogen) atoms. The van der Waals surface area contributed by atoms with Crippen LogP contribution in [0.3, 0.4) is 0 Å². The number of unbranched alkanes of at least 4 members (excludes halogenated alkanes) is 4. The van der Waals surface area contributed by atoms with Gasteiger partial charge in [0.2, 0.25) is 0 Å². The lowest BCUT2D eigenvalue weighted by Crippen LogP contribution is -2.24. The minimum absolute atomic E-state index is 0.122. The summed E-state index contributed by atoms with van der Waals surface area (Å²) in [6.45, 7) is 4.55. The van der Waals surface area contributed by atoms with E-state index < -0.39 is 0 Å². The minimum atomic E-state index is -0.131. The van der Waals surface area contributed by atoms with Crippen molar-refractivity contribution in [2.75, 3.05) is 0 Å². The van der Waals surface area contributed by atoms with Crippen molar-refractivity contribution in [1.29, 1.82) is 0 Å². The number of benzene rings is 1. The smallest absolute Gasteiger partial charge is 0.338 e. The van der Waals surface area contributed by atoms with Gasteiger partial charge in [0.25, 0.3) is 0 Å². The van der Waals surface area contributed by atoms with E-state index in [1.54, 1.807) is 0 Å². The van der Waals surface area contributed by atoms with Gasteiger partial charge in [0.05, 0.1) is 5.56 Å². The molecule has 2 aliphatic rings. The van der Waals surface area contributed by atoms with Crippen molar-refractivity contribution in [2.24, 2.45) is 11.8 Å². The normalized spacial score (nSPS) is 27.0. The van der Waals surface area contributed by atoms with Gasteiger partial charge >= 0.3 is 5.97 Å². The number of carbonyl (C=O) groups excluding carboxylic acids is 1. The van der Waals surface area contributed by atoms with Gasteiger partial charge in [0, 0.05) is 0 Å². The Morgan fingerprint density at radius 2 is 1.43 bits per heavy atom. The van der Waals surface area contributed by atoms with Gasteiger partial charge in [-0.15, -0.1) is 0 Å². The predicted octanol–water partition coefficient (Wildman–Crippen LogP) is 8.45. The first kappa shape index (κ1) is 23.4. The average molecular weight is 413 g/mol. The monoisotopic (exact) mass is 412 g/mol. The molecule has 2 heteroatoms. The highest BCUT2D eigenvalue weighted by molar-refractivity contribution is 5.89. The molecule has 0 bridgehead atoms. The van der Waals surface area contributed by atoms with Gasteiger partial charge in [-0.25, -0.2) is 4.79 Å². The molecule has 0 heterocycles. The van der Waals surface area contributed by atoms with Crippen LogP contribution in [0, 0.1) is 11.8 Å². The van der Waals surface area contributed by atoms with Crippen molar-refractivity contribution < 1.29 is 9.53 Å². The van der Waals surface area contributed by atoms with E-state index in [-0.39, 0.29) is 12.1 Å². The number of ether oxygens (including phenoxy) is 1. The zero-order valence-corrected chi connectivity index (χ0v) is 19.5. The molecule has 1 aromatic carbocycles. The van der Waals surface area contributed by atoms with Gasteiger partial charge < -0.3 is 4.74 Å². The van der Waals surface area contributed by atoms with Crippen molar-refractivity contribution in [1.82, 2.24) is 0 Å². The van der Waals surface area contributed by atoms with E-state index in [2.05, 4.69) is 26.0 Å². The Balaban J connectivity index is 1.39. The molecule has 0 aromatic heterocycles. The third-order valence-corrected chi connectivity index (χ3v) is 7.83. The standard InChI is InChI=1S/C28H44O2/c1-3-5-6-7-8-9-23-10-14-24(15-11-23)25-16-18-26(19-17-25)28(29)30-27-20-12-22(4-2)13-21-27/h16-19,22-24,27H,3-15,20-21H2,1-2H3. The number of hydrogen-bond donors (Lipinski definition) is 0. The SMILES string of the molecule is CCCCCCCC1CCC(c2ccc(C(=O)OC3CCC(CC)CC3)cc2)CC1. The fraction of sp³-hybridized carbons (Fsp3) is 0.750. The molecule has 0 amide bonds. The first-order chi connectivity index (χ1) is 14.7. The van der Waals surface area contributed by atoms with E-state index in [0.29, 0.717) is 5.92 Å². The number of esters is 1. The van der Waals surface area contributed by atoms with Gasteiger partial charge in [-0.1, -0.05) is 70.9 Å². The lowest BCUT2D eigenvalue weighted by Gasteiger charge is -2.29. The van der Waals surface area contributed by atoms with E-state index in [0.717, 1.165) is 30.2 Å². The zero-order valence-electron chi connectivity index (χ0n) is 19.5. The predicted molar refractivity (Wildman–Crippen MR) is 126 cm³/mol.